The lowest BCUT2D eigenvalue weighted by atomic mass is 9.90. The van der Waals surface area contributed by atoms with Crippen LogP contribution in [0.1, 0.15) is 13.3 Å². The Bertz CT molecular complexity index is 312. The summed E-state index contributed by atoms with van der Waals surface area (Å²) in [5.74, 6) is -6.43. The second kappa shape index (κ2) is 4.84. The largest absolute Gasteiger partial charge is 0.481 e. The molecule has 0 bridgehead atoms. The number of carbonyl (C=O) groups is 3. The first kappa shape index (κ1) is 13.5. The lowest BCUT2D eigenvalue weighted by Crippen LogP contribution is -2.43. The summed E-state index contributed by atoms with van der Waals surface area (Å²) in [5, 5.41) is 23.6. The van der Waals surface area contributed by atoms with Crippen LogP contribution in [0.15, 0.2) is 0 Å². The summed E-state index contributed by atoms with van der Waals surface area (Å²) in [6.45, 7) is 0.922. The van der Waals surface area contributed by atoms with Crippen molar-refractivity contribution in [2.45, 2.75) is 18.5 Å². The first-order valence-electron chi connectivity index (χ1n) is 3.78. The Kier molecular flexibility index (Phi) is 4.36. The molecule has 0 saturated carbocycles. The van der Waals surface area contributed by atoms with Crippen molar-refractivity contribution in [3.05, 3.63) is 0 Å². The Balaban J connectivity index is 5.20. The first-order chi connectivity index (χ1) is 6.75. The quantitative estimate of drug-likeness (QED) is 0.565. The molecular formula is C7H9O7P. The lowest BCUT2D eigenvalue weighted by molar-refractivity contribution is -0.154. The van der Waals surface area contributed by atoms with Crippen molar-refractivity contribution >= 4 is 26.4 Å². The maximum Gasteiger partial charge on any atom is 0.322 e. The molecule has 0 rings (SSSR count). The highest BCUT2D eigenvalue weighted by atomic mass is 31.1. The molecule has 2 unspecified atom stereocenters. The maximum absolute atomic E-state index is 10.7. The van der Waals surface area contributed by atoms with Gasteiger partial charge in [0, 0.05) is 0 Å². The summed E-state index contributed by atoms with van der Waals surface area (Å²) in [7, 11) is -0.937. The van der Waals surface area contributed by atoms with Crippen LogP contribution >= 0.6 is 8.46 Å². The third-order valence-electron chi connectivity index (χ3n) is 1.98. The fourth-order valence-electron chi connectivity index (χ4n) is 0.953. The number of hydrogen-bond donors (Lipinski definition) is 3. The van der Waals surface area contributed by atoms with Crippen molar-refractivity contribution in [2.75, 3.05) is 0 Å². The summed E-state index contributed by atoms with van der Waals surface area (Å²) >= 11 is 0. The maximum atomic E-state index is 10.7. The van der Waals surface area contributed by atoms with Crippen LogP contribution in [-0.4, -0.2) is 38.4 Å². The molecule has 0 aliphatic carbocycles. The average Bonchev–Trinajstić information content (AvgIpc) is 2.12. The molecule has 0 aliphatic rings. The number of hydrogen-bond acceptors (Lipinski definition) is 4. The van der Waals surface area contributed by atoms with Gasteiger partial charge in [0.2, 0.25) is 0 Å². The Hall–Kier alpha value is -1.49. The molecular weight excluding hydrogens is 227 g/mol. The van der Waals surface area contributed by atoms with E-state index in [4.69, 9.17) is 15.3 Å². The lowest BCUT2D eigenvalue weighted by Gasteiger charge is -2.22. The van der Waals surface area contributed by atoms with Gasteiger partial charge in [0.05, 0.1) is 12.3 Å². The van der Waals surface area contributed by atoms with Gasteiger partial charge in [0.25, 0.3) is 0 Å². The van der Waals surface area contributed by atoms with E-state index < -0.39 is 43.9 Å². The highest BCUT2D eigenvalue weighted by molar-refractivity contribution is 7.27. The molecule has 3 N–H and O–H groups in total. The molecule has 0 aromatic rings. The van der Waals surface area contributed by atoms with Gasteiger partial charge in [-0.15, -0.1) is 0 Å². The molecule has 0 fully saturated rings. The van der Waals surface area contributed by atoms with Crippen LogP contribution in [0.5, 0.6) is 0 Å². The van der Waals surface area contributed by atoms with Gasteiger partial charge in [-0.1, -0.05) is 0 Å². The molecule has 0 amide bonds. The Morgan fingerprint density at radius 1 is 1.27 bits per heavy atom. The summed E-state index contributed by atoms with van der Waals surface area (Å²) in [5.41, 5.74) is 0. The highest BCUT2D eigenvalue weighted by Gasteiger charge is 2.48. The Morgan fingerprint density at radius 2 is 1.73 bits per heavy atom. The molecule has 0 heterocycles. The second-order valence-corrected chi connectivity index (χ2v) is 4.14. The van der Waals surface area contributed by atoms with Crippen LogP contribution in [0, 0.1) is 5.92 Å². The highest BCUT2D eigenvalue weighted by Crippen LogP contribution is 2.34. The molecule has 0 aromatic carbocycles. The number of carboxylic acids is 3. The molecule has 0 saturated heterocycles. The van der Waals surface area contributed by atoms with Gasteiger partial charge in [0.1, 0.15) is 0 Å². The smallest absolute Gasteiger partial charge is 0.322 e. The topological polar surface area (TPSA) is 129 Å². The van der Waals surface area contributed by atoms with Gasteiger partial charge < -0.3 is 15.3 Å². The molecule has 15 heavy (non-hydrogen) atoms. The van der Waals surface area contributed by atoms with Crippen LogP contribution in [0.3, 0.4) is 0 Å². The third kappa shape index (κ3) is 2.99. The van der Waals surface area contributed by atoms with Crippen molar-refractivity contribution in [3.63, 3.8) is 0 Å². The van der Waals surface area contributed by atoms with Gasteiger partial charge in [-0.2, -0.15) is 0 Å². The summed E-state index contributed by atoms with van der Waals surface area (Å²) < 4.78 is 10.7. The van der Waals surface area contributed by atoms with E-state index >= 15 is 0 Å². The van der Waals surface area contributed by atoms with Crippen molar-refractivity contribution < 1.29 is 34.3 Å². The minimum absolute atomic E-state index is 0.895. The van der Waals surface area contributed by atoms with E-state index in [2.05, 4.69) is 0 Å². The van der Waals surface area contributed by atoms with E-state index in [0.717, 1.165) is 6.92 Å². The van der Waals surface area contributed by atoms with Crippen LogP contribution in [0.4, 0.5) is 0 Å². The van der Waals surface area contributed by atoms with Crippen molar-refractivity contribution in [3.8, 4) is 0 Å². The fraction of sp³-hybridized carbons (Fsp3) is 0.571. The molecule has 8 heteroatoms. The monoisotopic (exact) mass is 236 g/mol. The molecule has 0 spiro atoms. The Labute approximate surface area is 85.9 Å². The van der Waals surface area contributed by atoms with E-state index in [1.165, 1.54) is 0 Å². The minimum Gasteiger partial charge on any atom is -0.481 e. The van der Waals surface area contributed by atoms with E-state index in [9.17, 15) is 18.9 Å². The number of carboxylic acid groups (broad SMARTS) is 3. The molecule has 0 aliphatic heterocycles. The molecule has 84 valence electrons. The SMILES string of the molecule is CC(P=O)(C(=O)O)C(CC(=O)O)C(=O)O. The number of aliphatic carboxylic acids is 3. The zero-order chi connectivity index (χ0) is 12.2. The first-order valence-corrected chi connectivity index (χ1v) is 4.59. The predicted octanol–water partition coefficient (Wildman–Crippen LogP) is 0.297. The van der Waals surface area contributed by atoms with Gasteiger partial charge in [0.15, 0.2) is 13.6 Å². The fourth-order valence-corrected chi connectivity index (χ4v) is 1.36. The third-order valence-corrected chi connectivity index (χ3v) is 2.86. The summed E-state index contributed by atoms with van der Waals surface area (Å²) in [6, 6.07) is 0. The summed E-state index contributed by atoms with van der Waals surface area (Å²) in [6.07, 6.45) is -0.895. The average molecular weight is 236 g/mol. The molecule has 0 aromatic heterocycles. The molecule has 2 atom stereocenters. The Morgan fingerprint density at radius 3 is 1.93 bits per heavy atom. The zero-order valence-corrected chi connectivity index (χ0v) is 8.60. The summed E-state index contributed by atoms with van der Waals surface area (Å²) in [4.78, 5) is 31.7. The van der Waals surface area contributed by atoms with E-state index in [1.807, 2.05) is 0 Å². The van der Waals surface area contributed by atoms with Crippen LogP contribution < -0.4 is 0 Å². The predicted molar refractivity (Wildman–Crippen MR) is 47.0 cm³/mol. The zero-order valence-electron chi connectivity index (χ0n) is 7.71. The molecule has 0 radical (unpaired) electrons. The van der Waals surface area contributed by atoms with Crippen LogP contribution in [-0.2, 0) is 18.9 Å². The van der Waals surface area contributed by atoms with Crippen LogP contribution in [0.2, 0.25) is 0 Å². The van der Waals surface area contributed by atoms with Crippen molar-refractivity contribution in [1.82, 2.24) is 0 Å². The van der Waals surface area contributed by atoms with Crippen molar-refractivity contribution in [1.29, 1.82) is 0 Å². The van der Waals surface area contributed by atoms with E-state index in [0.29, 0.717) is 0 Å². The normalized spacial score (nSPS) is 16.6. The molecule has 7 nitrogen and oxygen atoms in total. The minimum atomic E-state index is -2.13. The number of rotatable bonds is 6. The second-order valence-electron chi connectivity index (χ2n) is 3.03. The van der Waals surface area contributed by atoms with Gasteiger partial charge >= 0.3 is 17.9 Å². The van der Waals surface area contributed by atoms with Gasteiger partial charge in [-0.3, -0.25) is 18.9 Å². The van der Waals surface area contributed by atoms with Gasteiger partial charge in [-0.25, -0.2) is 0 Å². The van der Waals surface area contributed by atoms with Gasteiger partial charge in [-0.05, 0) is 6.92 Å². The standard InChI is InChI=1S/C7H9O7P/c1-7(15-14,6(12)13)3(5(10)11)2-4(8)9/h3H,2H2,1H3,(H,8,9)(H,10,11)(H,12,13). The van der Waals surface area contributed by atoms with Crippen LogP contribution in [0.25, 0.3) is 0 Å². The van der Waals surface area contributed by atoms with E-state index in [-0.39, 0.29) is 0 Å². The van der Waals surface area contributed by atoms with Crippen molar-refractivity contribution in [2.24, 2.45) is 5.92 Å². The van der Waals surface area contributed by atoms with E-state index in [1.54, 1.807) is 0 Å².